The number of allylic oxidation sites excluding steroid dienone is 1. The summed E-state index contributed by atoms with van der Waals surface area (Å²) < 4.78 is 27.0. The van der Waals surface area contributed by atoms with E-state index in [-0.39, 0.29) is 18.4 Å². The zero-order valence-corrected chi connectivity index (χ0v) is 12.2. The van der Waals surface area contributed by atoms with Crippen molar-refractivity contribution in [3.63, 3.8) is 0 Å². The lowest BCUT2D eigenvalue weighted by atomic mass is 9.62. The van der Waals surface area contributed by atoms with Gasteiger partial charge in [0.1, 0.15) is 5.78 Å². The summed E-state index contributed by atoms with van der Waals surface area (Å²) in [5.41, 5.74) is 0. The van der Waals surface area contributed by atoms with Crippen LogP contribution in [0.2, 0.25) is 0 Å². The molecule has 0 aromatic rings. The Balaban J connectivity index is 1.99. The van der Waals surface area contributed by atoms with Crippen LogP contribution in [0.15, 0.2) is 12.7 Å². The molecule has 2 aliphatic carbocycles. The summed E-state index contributed by atoms with van der Waals surface area (Å²) in [5, 5.41) is 0. The fourth-order valence-electron chi connectivity index (χ4n) is 3.57. The van der Waals surface area contributed by atoms with Crippen LogP contribution in [0.5, 0.6) is 0 Å². The lowest BCUT2D eigenvalue weighted by molar-refractivity contribution is -0.127. The van der Waals surface area contributed by atoms with E-state index < -0.39 is 10.1 Å². The highest BCUT2D eigenvalue weighted by Gasteiger charge is 2.40. The molecular weight excluding hydrogens is 264 g/mol. The molecule has 0 aliphatic heterocycles. The number of fused-ring (bicyclic) bond motifs is 1. The molecule has 19 heavy (non-hydrogen) atoms. The van der Waals surface area contributed by atoms with Crippen LogP contribution in [0.3, 0.4) is 0 Å². The van der Waals surface area contributed by atoms with Crippen LogP contribution in [0, 0.1) is 23.7 Å². The molecule has 108 valence electrons. The average Bonchev–Trinajstić information content (AvgIpc) is 2.35. The van der Waals surface area contributed by atoms with Crippen LogP contribution in [0.1, 0.15) is 32.1 Å². The molecule has 2 aliphatic rings. The fraction of sp³-hybridized carbons (Fsp3) is 0.786. The van der Waals surface area contributed by atoms with Crippen molar-refractivity contribution in [3.8, 4) is 0 Å². The lowest BCUT2D eigenvalue weighted by Crippen LogP contribution is -2.39. The van der Waals surface area contributed by atoms with Crippen molar-refractivity contribution in [1.82, 2.24) is 0 Å². The molecule has 2 rings (SSSR count). The van der Waals surface area contributed by atoms with Gasteiger partial charge in [-0.15, -0.1) is 6.58 Å². The third kappa shape index (κ3) is 3.66. The Morgan fingerprint density at radius 2 is 2.11 bits per heavy atom. The van der Waals surface area contributed by atoms with E-state index in [2.05, 4.69) is 6.58 Å². The Labute approximate surface area is 115 Å². The minimum atomic E-state index is -3.37. The summed E-state index contributed by atoms with van der Waals surface area (Å²) in [6.07, 6.45) is 7.45. The summed E-state index contributed by atoms with van der Waals surface area (Å²) in [6.45, 7) is 4.04. The van der Waals surface area contributed by atoms with Gasteiger partial charge in [-0.05, 0) is 43.4 Å². The molecule has 0 aromatic heterocycles. The molecule has 4 nitrogen and oxygen atoms in total. The summed E-state index contributed by atoms with van der Waals surface area (Å²) in [6, 6.07) is 0. The third-order valence-electron chi connectivity index (χ3n) is 4.52. The Hall–Kier alpha value is -0.680. The molecule has 2 fully saturated rings. The van der Waals surface area contributed by atoms with Crippen LogP contribution in [-0.4, -0.2) is 27.1 Å². The first kappa shape index (κ1) is 14.7. The number of rotatable bonds is 4. The maximum Gasteiger partial charge on any atom is 0.264 e. The zero-order valence-electron chi connectivity index (χ0n) is 11.4. The van der Waals surface area contributed by atoms with Gasteiger partial charge >= 0.3 is 0 Å². The molecule has 4 unspecified atom stereocenters. The van der Waals surface area contributed by atoms with E-state index in [0.717, 1.165) is 31.9 Å². The van der Waals surface area contributed by atoms with Crippen molar-refractivity contribution in [3.05, 3.63) is 12.7 Å². The first-order chi connectivity index (χ1) is 8.90. The topological polar surface area (TPSA) is 60.4 Å². The number of carbonyl (C=O) groups excluding carboxylic acids is 1. The molecule has 0 bridgehead atoms. The van der Waals surface area contributed by atoms with Crippen molar-refractivity contribution in [2.45, 2.75) is 32.1 Å². The van der Waals surface area contributed by atoms with Crippen LogP contribution in [0.4, 0.5) is 0 Å². The Morgan fingerprint density at radius 1 is 1.37 bits per heavy atom. The quantitative estimate of drug-likeness (QED) is 0.587. The second kappa shape index (κ2) is 5.75. The molecule has 0 aromatic carbocycles. The lowest BCUT2D eigenvalue weighted by Gasteiger charge is -2.42. The molecule has 0 radical (unpaired) electrons. The average molecular weight is 286 g/mol. The molecule has 4 atom stereocenters. The second-order valence-electron chi connectivity index (χ2n) is 5.86. The van der Waals surface area contributed by atoms with Gasteiger partial charge in [0, 0.05) is 12.3 Å². The largest absolute Gasteiger partial charge is 0.299 e. The molecular formula is C14H22O4S. The van der Waals surface area contributed by atoms with Crippen molar-refractivity contribution in [2.24, 2.45) is 23.7 Å². The fourth-order valence-corrected chi connectivity index (χ4v) is 4.01. The van der Waals surface area contributed by atoms with Gasteiger partial charge in [-0.25, -0.2) is 0 Å². The van der Waals surface area contributed by atoms with Gasteiger partial charge < -0.3 is 0 Å². The molecule has 5 heteroatoms. The molecule has 0 heterocycles. The highest BCUT2D eigenvalue weighted by molar-refractivity contribution is 7.85. The number of hydrogen-bond donors (Lipinski definition) is 0. The predicted octanol–water partition coefficient (Wildman–Crippen LogP) is 2.16. The second-order valence-corrected chi connectivity index (χ2v) is 7.50. The minimum Gasteiger partial charge on any atom is -0.299 e. The molecule has 0 spiro atoms. The molecule has 0 N–H and O–H groups in total. The highest BCUT2D eigenvalue weighted by Crippen LogP contribution is 2.44. The van der Waals surface area contributed by atoms with E-state index in [1.54, 1.807) is 6.08 Å². The summed E-state index contributed by atoms with van der Waals surface area (Å²) >= 11 is 0. The first-order valence-corrected chi connectivity index (χ1v) is 8.72. The standard InChI is InChI=1S/C14H22O4S/c1-3-12-13-8-10(9-18-19(2,16)17)4-5-11(13)6-7-14(12)15/h3,10-13H,1,4-9H2,2H3. The van der Waals surface area contributed by atoms with Crippen molar-refractivity contribution >= 4 is 15.9 Å². The number of ketones is 1. The summed E-state index contributed by atoms with van der Waals surface area (Å²) in [7, 11) is -3.37. The summed E-state index contributed by atoms with van der Waals surface area (Å²) in [4.78, 5) is 11.9. The number of carbonyl (C=O) groups is 1. The van der Waals surface area contributed by atoms with Gasteiger partial charge in [0.05, 0.1) is 12.9 Å². The van der Waals surface area contributed by atoms with Crippen LogP contribution < -0.4 is 0 Å². The third-order valence-corrected chi connectivity index (χ3v) is 5.09. The van der Waals surface area contributed by atoms with Crippen LogP contribution >= 0.6 is 0 Å². The van der Waals surface area contributed by atoms with E-state index >= 15 is 0 Å². The van der Waals surface area contributed by atoms with Crippen molar-refractivity contribution in [2.75, 3.05) is 12.9 Å². The van der Waals surface area contributed by atoms with Gasteiger partial charge in [-0.1, -0.05) is 6.08 Å². The van der Waals surface area contributed by atoms with Gasteiger partial charge in [0.2, 0.25) is 0 Å². The van der Waals surface area contributed by atoms with Crippen LogP contribution in [0.25, 0.3) is 0 Å². The van der Waals surface area contributed by atoms with Crippen LogP contribution in [-0.2, 0) is 19.1 Å². The number of hydrogen-bond acceptors (Lipinski definition) is 4. The smallest absolute Gasteiger partial charge is 0.264 e. The van der Waals surface area contributed by atoms with Crippen molar-refractivity contribution in [1.29, 1.82) is 0 Å². The number of Topliss-reactive ketones (excluding diaryl/α,β-unsaturated/α-hetero) is 1. The van der Waals surface area contributed by atoms with Crippen molar-refractivity contribution < 1.29 is 17.4 Å². The van der Waals surface area contributed by atoms with Gasteiger partial charge in [-0.2, -0.15) is 8.42 Å². The maximum atomic E-state index is 11.9. The van der Waals surface area contributed by atoms with E-state index in [4.69, 9.17) is 4.18 Å². The molecule has 0 amide bonds. The molecule has 2 saturated carbocycles. The van der Waals surface area contributed by atoms with E-state index in [1.807, 2.05) is 0 Å². The van der Waals surface area contributed by atoms with Gasteiger partial charge in [-0.3, -0.25) is 8.98 Å². The highest BCUT2D eigenvalue weighted by atomic mass is 32.2. The Kier molecular flexibility index (Phi) is 4.46. The summed E-state index contributed by atoms with van der Waals surface area (Å²) in [5.74, 6) is 1.42. The minimum absolute atomic E-state index is 0.0419. The maximum absolute atomic E-state index is 11.9. The van der Waals surface area contributed by atoms with Gasteiger partial charge in [0.25, 0.3) is 10.1 Å². The van der Waals surface area contributed by atoms with E-state index in [1.165, 1.54) is 0 Å². The predicted molar refractivity (Wildman–Crippen MR) is 73.0 cm³/mol. The first-order valence-electron chi connectivity index (χ1n) is 6.90. The molecule has 0 saturated heterocycles. The van der Waals surface area contributed by atoms with E-state index in [0.29, 0.717) is 24.0 Å². The van der Waals surface area contributed by atoms with E-state index in [9.17, 15) is 13.2 Å². The normalized spacial score (nSPS) is 35.7. The zero-order chi connectivity index (χ0) is 14.0. The Bertz CT molecular complexity index is 454. The monoisotopic (exact) mass is 286 g/mol. The Morgan fingerprint density at radius 3 is 2.74 bits per heavy atom. The SMILES string of the molecule is C=CC1C(=O)CCC2CCC(COS(C)(=O)=O)CC21. The van der Waals surface area contributed by atoms with Gasteiger partial charge in [0.15, 0.2) is 0 Å².